The highest BCUT2D eigenvalue weighted by atomic mass is 35.5. The molecule has 0 bridgehead atoms. The molecule has 0 saturated carbocycles. The van der Waals surface area contributed by atoms with Gasteiger partial charge in [-0.25, -0.2) is 4.98 Å². The summed E-state index contributed by atoms with van der Waals surface area (Å²) in [6.07, 6.45) is 2.35. The molecule has 3 rings (SSSR count). The summed E-state index contributed by atoms with van der Waals surface area (Å²) in [5.41, 5.74) is 2.18. The Bertz CT molecular complexity index is 843. The number of pyridine rings is 1. The van der Waals surface area contributed by atoms with E-state index in [-0.39, 0.29) is 0 Å². The van der Waals surface area contributed by atoms with E-state index in [1.54, 1.807) is 23.8 Å². The van der Waals surface area contributed by atoms with Crippen LogP contribution in [-0.2, 0) is 0 Å². The number of aromatic nitrogens is 2. The topological polar surface area (TPSA) is 43.6 Å². The Labute approximate surface area is 130 Å². The van der Waals surface area contributed by atoms with E-state index < -0.39 is 0 Å². The van der Waals surface area contributed by atoms with Gasteiger partial charge in [-0.3, -0.25) is 9.20 Å². The molecule has 0 atom stereocenters. The van der Waals surface area contributed by atoms with E-state index in [1.807, 2.05) is 24.3 Å². The standard InChI is InChI=1S/C15H10Cl2N2O2/c1-21-11-4-2-3-9(5-11)14-13(8-20)19-7-10(16)6-12(17)15(19)18-14/h2-8H,1H3. The number of aldehydes is 1. The molecule has 0 fully saturated rings. The number of hydrogen-bond acceptors (Lipinski definition) is 3. The van der Waals surface area contributed by atoms with Crippen molar-refractivity contribution in [1.82, 2.24) is 9.38 Å². The number of carbonyl (C=O) groups excluding carboxylic acids is 1. The quantitative estimate of drug-likeness (QED) is 0.681. The molecular weight excluding hydrogens is 311 g/mol. The predicted octanol–water partition coefficient (Wildman–Crippen LogP) is 4.13. The highest BCUT2D eigenvalue weighted by Crippen LogP contribution is 2.30. The van der Waals surface area contributed by atoms with Crippen LogP contribution >= 0.6 is 23.2 Å². The maximum atomic E-state index is 11.5. The Kier molecular flexibility index (Phi) is 3.57. The smallest absolute Gasteiger partial charge is 0.169 e. The van der Waals surface area contributed by atoms with Crippen LogP contribution in [0.5, 0.6) is 5.75 Å². The summed E-state index contributed by atoms with van der Waals surface area (Å²) >= 11 is 12.1. The van der Waals surface area contributed by atoms with Crippen molar-refractivity contribution in [2.75, 3.05) is 7.11 Å². The molecule has 0 aliphatic heterocycles. The molecule has 106 valence electrons. The van der Waals surface area contributed by atoms with Gasteiger partial charge in [-0.2, -0.15) is 0 Å². The number of ether oxygens (including phenoxy) is 1. The Morgan fingerprint density at radius 3 is 2.81 bits per heavy atom. The van der Waals surface area contributed by atoms with Gasteiger partial charge < -0.3 is 4.74 Å². The third kappa shape index (κ3) is 2.37. The van der Waals surface area contributed by atoms with Crippen molar-refractivity contribution >= 4 is 35.1 Å². The highest BCUT2D eigenvalue weighted by Gasteiger charge is 2.16. The number of hydrogen-bond donors (Lipinski definition) is 0. The average Bonchev–Trinajstić information content (AvgIpc) is 2.86. The predicted molar refractivity (Wildman–Crippen MR) is 82.6 cm³/mol. The Hall–Kier alpha value is -2.04. The van der Waals surface area contributed by atoms with Gasteiger partial charge in [0.1, 0.15) is 17.1 Å². The summed E-state index contributed by atoms with van der Waals surface area (Å²) in [7, 11) is 1.58. The first-order chi connectivity index (χ1) is 10.1. The summed E-state index contributed by atoms with van der Waals surface area (Å²) in [5.74, 6) is 0.686. The van der Waals surface area contributed by atoms with E-state index in [1.165, 1.54) is 0 Å². The SMILES string of the molecule is COc1cccc(-c2nc3c(Cl)cc(Cl)cn3c2C=O)c1. The van der Waals surface area contributed by atoms with Gasteiger partial charge in [-0.1, -0.05) is 35.3 Å². The summed E-state index contributed by atoms with van der Waals surface area (Å²) in [6, 6.07) is 8.91. The Morgan fingerprint density at radius 2 is 2.10 bits per heavy atom. The van der Waals surface area contributed by atoms with Crippen molar-refractivity contribution < 1.29 is 9.53 Å². The Balaban J connectivity index is 2.32. The van der Waals surface area contributed by atoms with Crippen molar-refractivity contribution in [3.63, 3.8) is 0 Å². The maximum absolute atomic E-state index is 11.5. The molecule has 0 aliphatic carbocycles. The summed E-state index contributed by atoms with van der Waals surface area (Å²) in [5, 5.41) is 0.824. The first kappa shape index (κ1) is 13.9. The lowest BCUT2D eigenvalue weighted by atomic mass is 10.1. The van der Waals surface area contributed by atoms with Crippen LogP contribution in [0.4, 0.5) is 0 Å². The molecular formula is C15H10Cl2N2O2. The third-order valence-electron chi connectivity index (χ3n) is 3.13. The lowest BCUT2D eigenvalue weighted by Crippen LogP contribution is -1.93. The van der Waals surface area contributed by atoms with Crippen molar-refractivity contribution in [3.05, 3.63) is 52.3 Å². The van der Waals surface area contributed by atoms with Gasteiger partial charge in [0.2, 0.25) is 0 Å². The fourth-order valence-electron chi connectivity index (χ4n) is 2.19. The van der Waals surface area contributed by atoms with Gasteiger partial charge in [-0.15, -0.1) is 0 Å². The fourth-order valence-corrected chi connectivity index (χ4v) is 2.70. The number of benzene rings is 1. The van der Waals surface area contributed by atoms with E-state index in [9.17, 15) is 4.79 Å². The normalized spacial score (nSPS) is 10.8. The van der Waals surface area contributed by atoms with Gasteiger partial charge in [0.25, 0.3) is 0 Å². The molecule has 0 saturated heterocycles. The minimum atomic E-state index is 0.389. The molecule has 0 amide bonds. The second-order valence-electron chi connectivity index (χ2n) is 4.40. The number of fused-ring (bicyclic) bond motifs is 1. The molecule has 2 aromatic heterocycles. The summed E-state index contributed by atoms with van der Waals surface area (Å²) < 4.78 is 6.79. The van der Waals surface area contributed by atoms with Gasteiger partial charge in [0.05, 0.1) is 17.2 Å². The molecule has 1 aromatic carbocycles. The second kappa shape index (κ2) is 5.39. The molecule has 0 N–H and O–H groups in total. The number of halogens is 2. The second-order valence-corrected chi connectivity index (χ2v) is 5.24. The van der Waals surface area contributed by atoms with E-state index in [4.69, 9.17) is 27.9 Å². The number of imidazole rings is 1. The zero-order chi connectivity index (χ0) is 15.0. The molecule has 4 nitrogen and oxygen atoms in total. The number of rotatable bonds is 3. The average molecular weight is 321 g/mol. The van der Waals surface area contributed by atoms with E-state index in [0.29, 0.717) is 32.8 Å². The first-order valence-electron chi connectivity index (χ1n) is 6.10. The lowest BCUT2D eigenvalue weighted by molar-refractivity contribution is 0.111. The maximum Gasteiger partial charge on any atom is 0.169 e. The third-order valence-corrected chi connectivity index (χ3v) is 3.62. The first-order valence-corrected chi connectivity index (χ1v) is 6.86. The van der Waals surface area contributed by atoms with Crippen LogP contribution < -0.4 is 4.74 Å². The number of nitrogens with zero attached hydrogens (tertiary/aromatic N) is 2. The number of methoxy groups -OCH3 is 1. The minimum Gasteiger partial charge on any atom is -0.497 e. The molecule has 0 radical (unpaired) electrons. The van der Waals surface area contributed by atoms with Gasteiger partial charge in [-0.05, 0) is 18.2 Å². The van der Waals surface area contributed by atoms with Crippen LogP contribution in [0.1, 0.15) is 10.5 Å². The van der Waals surface area contributed by atoms with Crippen molar-refractivity contribution in [2.45, 2.75) is 0 Å². The largest absolute Gasteiger partial charge is 0.497 e. The van der Waals surface area contributed by atoms with Crippen LogP contribution in [0.3, 0.4) is 0 Å². The van der Waals surface area contributed by atoms with E-state index in [2.05, 4.69) is 4.98 Å². The summed E-state index contributed by atoms with van der Waals surface area (Å²) in [6.45, 7) is 0. The van der Waals surface area contributed by atoms with Crippen molar-refractivity contribution in [3.8, 4) is 17.0 Å². The van der Waals surface area contributed by atoms with Gasteiger partial charge in [0.15, 0.2) is 11.9 Å². The molecule has 0 unspecified atom stereocenters. The summed E-state index contributed by atoms with van der Waals surface area (Å²) in [4.78, 5) is 15.9. The van der Waals surface area contributed by atoms with Gasteiger partial charge in [0, 0.05) is 11.8 Å². The zero-order valence-electron chi connectivity index (χ0n) is 11.0. The number of carbonyl (C=O) groups is 1. The molecule has 6 heteroatoms. The van der Waals surface area contributed by atoms with E-state index >= 15 is 0 Å². The van der Waals surface area contributed by atoms with Crippen LogP contribution in [0.2, 0.25) is 10.0 Å². The van der Waals surface area contributed by atoms with Crippen LogP contribution in [0.25, 0.3) is 16.9 Å². The van der Waals surface area contributed by atoms with E-state index in [0.717, 1.165) is 11.8 Å². The molecule has 3 aromatic rings. The molecule has 0 aliphatic rings. The van der Waals surface area contributed by atoms with Crippen molar-refractivity contribution in [2.24, 2.45) is 0 Å². The molecule has 2 heterocycles. The minimum absolute atomic E-state index is 0.389. The molecule has 21 heavy (non-hydrogen) atoms. The van der Waals surface area contributed by atoms with Crippen LogP contribution in [0.15, 0.2) is 36.5 Å². The molecule has 0 spiro atoms. The lowest BCUT2D eigenvalue weighted by Gasteiger charge is -2.02. The highest BCUT2D eigenvalue weighted by molar-refractivity contribution is 6.36. The van der Waals surface area contributed by atoms with Crippen molar-refractivity contribution in [1.29, 1.82) is 0 Å². The van der Waals surface area contributed by atoms with Crippen LogP contribution in [-0.4, -0.2) is 22.8 Å². The fraction of sp³-hybridized carbons (Fsp3) is 0.0667. The van der Waals surface area contributed by atoms with Gasteiger partial charge >= 0.3 is 0 Å². The zero-order valence-corrected chi connectivity index (χ0v) is 12.5. The van der Waals surface area contributed by atoms with Crippen LogP contribution in [0, 0.1) is 0 Å². The monoisotopic (exact) mass is 320 g/mol. The Morgan fingerprint density at radius 1 is 1.29 bits per heavy atom.